The van der Waals surface area contributed by atoms with E-state index in [-0.39, 0.29) is 5.91 Å². The molecule has 0 aliphatic heterocycles. The van der Waals surface area contributed by atoms with Crippen molar-refractivity contribution >= 4 is 16.9 Å². The summed E-state index contributed by atoms with van der Waals surface area (Å²) in [7, 11) is 0. The first-order chi connectivity index (χ1) is 12.2. The molecule has 1 aromatic carbocycles. The molecule has 2 heterocycles. The first-order valence-corrected chi connectivity index (χ1v) is 8.67. The third-order valence-electron chi connectivity index (χ3n) is 4.63. The molecule has 0 aliphatic carbocycles. The van der Waals surface area contributed by atoms with Gasteiger partial charge in [0.15, 0.2) is 11.5 Å². The van der Waals surface area contributed by atoms with Crippen LogP contribution in [-0.4, -0.2) is 26.1 Å². The summed E-state index contributed by atoms with van der Waals surface area (Å²) in [5, 5.41) is 3.96. The SMILES string of the molecule is CC(=O)NC(C)(C)Cc1nc(-c2ccccc2)nc2c1c(C)c(C)n2N. The number of hydrogen-bond acceptors (Lipinski definition) is 4. The number of amides is 1. The van der Waals surface area contributed by atoms with E-state index in [4.69, 9.17) is 15.8 Å². The zero-order valence-electron chi connectivity index (χ0n) is 15.9. The van der Waals surface area contributed by atoms with Gasteiger partial charge in [0, 0.05) is 35.5 Å². The molecule has 6 heteroatoms. The molecular weight excluding hydrogens is 326 g/mol. The Morgan fingerprint density at radius 3 is 2.46 bits per heavy atom. The lowest BCUT2D eigenvalue weighted by atomic mass is 9.95. The van der Waals surface area contributed by atoms with Gasteiger partial charge < -0.3 is 11.2 Å². The highest BCUT2D eigenvalue weighted by molar-refractivity contribution is 5.86. The van der Waals surface area contributed by atoms with Crippen LogP contribution in [0.1, 0.15) is 37.7 Å². The highest BCUT2D eigenvalue weighted by atomic mass is 16.1. The molecule has 136 valence electrons. The lowest BCUT2D eigenvalue weighted by Gasteiger charge is -2.25. The van der Waals surface area contributed by atoms with Gasteiger partial charge in [-0.2, -0.15) is 0 Å². The Morgan fingerprint density at radius 2 is 1.85 bits per heavy atom. The average molecular weight is 351 g/mol. The van der Waals surface area contributed by atoms with Crippen molar-refractivity contribution in [2.45, 2.75) is 46.6 Å². The molecule has 2 aromatic heterocycles. The lowest BCUT2D eigenvalue weighted by molar-refractivity contribution is -0.120. The molecule has 0 aliphatic rings. The molecule has 6 nitrogen and oxygen atoms in total. The van der Waals surface area contributed by atoms with Gasteiger partial charge in [-0.3, -0.25) is 4.79 Å². The smallest absolute Gasteiger partial charge is 0.217 e. The van der Waals surface area contributed by atoms with Crippen LogP contribution >= 0.6 is 0 Å². The maximum atomic E-state index is 11.6. The highest BCUT2D eigenvalue weighted by Crippen LogP contribution is 2.29. The van der Waals surface area contributed by atoms with Crippen LogP contribution in [0.5, 0.6) is 0 Å². The maximum absolute atomic E-state index is 11.6. The summed E-state index contributed by atoms with van der Waals surface area (Å²) in [6, 6.07) is 9.84. The van der Waals surface area contributed by atoms with Crippen molar-refractivity contribution in [2.75, 3.05) is 5.84 Å². The van der Waals surface area contributed by atoms with Gasteiger partial charge in [-0.05, 0) is 33.3 Å². The Morgan fingerprint density at radius 1 is 1.19 bits per heavy atom. The number of nitrogens with zero attached hydrogens (tertiary/aromatic N) is 3. The molecule has 0 bridgehead atoms. The third-order valence-corrected chi connectivity index (χ3v) is 4.63. The van der Waals surface area contributed by atoms with Gasteiger partial charge in [0.25, 0.3) is 0 Å². The van der Waals surface area contributed by atoms with Crippen LogP contribution in [0.2, 0.25) is 0 Å². The van der Waals surface area contributed by atoms with Crippen LogP contribution in [-0.2, 0) is 11.2 Å². The van der Waals surface area contributed by atoms with Crippen LogP contribution in [0.25, 0.3) is 22.4 Å². The first-order valence-electron chi connectivity index (χ1n) is 8.67. The lowest BCUT2D eigenvalue weighted by Crippen LogP contribution is -2.44. The normalized spacial score (nSPS) is 11.7. The van der Waals surface area contributed by atoms with Crippen LogP contribution in [0.15, 0.2) is 30.3 Å². The highest BCUT2D eigenvalue weighted by Gasteiger charge is 2.25. The largest absolute Gasteiger partial charge is 0.351 e. The standard InChI is InChI=1S/C20H25N5O/c1-12-13(2)25(21)19-17(12)16(11-20(4,5)24-14(3)26)22-18(23-19)15-9-7-6-8-10-15/h6-10H,11,21H2,1-5H3,(H,24,26). The molecule has 0 fully saturated rings. The molecule has 26 heavy (non-hydrogen) atoms. The molecule has 3 rings (SSSR count). The van der Waals surface area contributed by atoms with E-state index < -0.39 is 5.54 Å². The molecule has 0 atom stereocenters. The molecule has 3 N–H and O–H groups in total. The number of aromatic nitrogens is 3. The van der Waals surface area contributed by atoms with Crippen LogP contribution in [0.3, 0.4) is 0 Å². The summed E-state index contributed by atoms with van der Waals surface area (Å²) in [6.45, 7) is 9.51. The molecule has 0 saturated carbocycles. The summed E-state index contributed by atoms with van der Waals surface area (Å²) in [4.78, 5) is 21.1. The minimum Gasteiger partial charge on any atom is -0.351 e. The van der Waals surface area contributed by atoms with E-state index in [9.17, 15) is 4.79 Å². The summed E-state index contributed by atoms with van der Waals surface area (Å²) in [5.74, 6) is 6.83. The van der Waals surface area contributed by atoms with Crippen molar-refractivity contribution in [2.24, 2.45) is 0 Å². The second-order valence-electron chi connectivity index (χ2n) is 7.38. The molecular formula is C20H25N5O. The van der Waals surface area contributed by atoms with Gasteiger partial charge in [-0.25, -0.2) is 14.6 Å². The first kappa shape index (κ1) is 17.9. The van der Waals surface area contributed by atoms with Crippen molar-refractivity contribution in [1.82, 2.24) is 20.0 Å². The van der Waals surface area contributed by atoms with Gasteiger partial charge in [-0.15, -0.1) is 0 Å². The number of benzene rings is 1. The summed E-state index contributed by atoms with van der Waals surface area (Å²) >= 11 is 0. The minimum atomic E-state index is -0.432. The molecule has 3 aromatic rings. The topological polar surface area (TPSA) is 85.8 Å². The van der Waals surface area contributed by atoms with E-state index in [0.717, 1.165) is 27.9 Å². The molecule has 0 radical (unpaired) electrons. The van der Waals surface area contributed by atoms with Gasteiger partial charge in [0.05, 0.1) is 5.69 Å². The number of hydrogen-bond donors (Lipinski definition) is 2. The quantitative estimate of drug-likeness (QED) is 0.708. The molecule has 1 amide bonds. The number of carbonyl (C=O) groups excluding carboxylic acids is 1. The molecule has 0 saturated heterocycles. The maximum Gasteiger partial charge on any atom is 0.217 e. The van der Waals surface area contributed by atoms with E-state index in [1.807, 2.05) is 58.0 Å². The van der Waals surface area contributed by atoms with Crippen molar-refractivity contribution in [1.29, 1.82) is 0 Å². The van der Waals surface area contributed by atoms with E-state index in [1.165, 1.54) is 6.92 Å². The van der Waals surface area contributed by atoms with Gasteiger partial charge in [-0.1, -0.05) is 30.3 Å². The van der Waals surface area contributed by atoms with E-state index in [2.05, 4.69) is 5.32 Å². The van der Waals surface area contributed by atoms with E-state index in [1.54, 1.807) is 4.68 Å². The van der Waals surface area contributed by atoms with Gasteiger partial charge >= 0.3 is 0 Å². The van der Waals surface area contributed by atoms with E-state index >= 15 is 0 Å². The fraction of sp³-hybridized carbons (Fsp3) is 0.350. The minimum absolute atomic E-state index is 0.0621. The number of aryl methyl sites for hydroxylation is 1. The van der Waals surface area contributed by atoms with Crippen LogP contribution < -0.4 is 11.2 Å². The van der Waals surface area contributed by atoms with Crippen LogP contribution in [0, 0.1) is 13.8 Å². The van der Waals surface area contributed by atoms with Crippen molar-refractivity contribution in [3.63, 3.8) is 0 Å². The third kappa shape index (κ3) is 3.27. The summed E-state index contributed by atoms with van der Waals surface area (Å²) < 4.78 is 1.62. The Kier molecular flexibility index (Phi) is 4.44. The van der Waals surface area contributed by atoms with Crippen molar-refractivity contribution in [3.8, 4) is 11.4 Å². The van der Waals surface area contributed by atoms with Crippen molar-refractivity contribution < 1.29 is 4.79 Å². The summed E-state index contributed by atoms with van der Waals surface area (Å²) in [5.41, 5.74) is 4.12. The zero-order valence-corrected chi connectivity index (χ0v) is 15.9. The Bertz CT molecular complexity index is 973. The monoisotopic (exact) mass is 351 g/mol. The van der Waals surface area contributed by atoms with Gasteiger partial charge in [0.1, 0.15) is 0 Å². The Balaban J connectivity index is 2.22. The predicted molar refractivity (Wildman–Crippen MR) is 104 cm³/mol. The number of rotatable bonds is 4. The molecule has 0 unspecified atom stereocenters. The zero-order chi connectivity index (χ0) is 19.1. The number of nitrogens with two attached hydrogens (primary N) is 1. The second kappa shape index (κ2) is 6.44. The fourth-order valence-electron chi connectivity index (χ4n) is 3.36. The number of carbonyl (C=O) groups is 1. The fourth-order valence-corrected chi connectivity index (χ4v) is 3.36. The molecule has 0 spiro atoms. The number of nitrogen functional groups attached to an aromatic ring is 1. The Labute approximate surface area is 153 Å². The summed E-state index contributed by atoms with van der Waals surface area (Å²) in [6.07, 6.45) is 0.579. The van der Waals surface area contributed by atoms with Gasteiger partial charge in [0.2, 0.25) is 5.91 Å². The average Bonchev–Trinajstić information content (AvgIpc) is 2.79. The second-order valence-corrected chi connectivity index (χ2v) is 7.38. The van der Waals surface area contributed by atoms with E-state index in [0.29, 0.717) is 17.9 Å². The predicted octanol–water partition coefficient (Wildman–Crippen LogP) is 2.89. The van der Waals surface area contributed by atoms with Crippen LogP contribution in [0.4, 0.5) is 0 Å². The Hall–Kier alpha value is -2.89. The number of nitrogens with one attached hydrogen (secondary N) is 1. The van der Waals surface area contributed by atoms with Crippen molar-refractivity contribution in [3.05, 3.63) is 47.3 Å². The number of fused-ring (bicyclic) bond motifs is 1.